The summed E-state index contributed by atoms with van der Waals surface area (Å²) in [4.78, 5) is 26.5. The summed E-state index contributed by atoms with van der Waals surface area (Å²) < 4.78 is 9.85. The van der Waals surface area contributed by atoms with Crippen molar-refractivity contribution in [2.75, 3.05) is 13.7 Å². The van der Waals surface area contributed by atoms with Gasteiger partial charge in [-0.3, -0.25) is 4.79 Å². The quantitative estimate of drug-likeness (QED) is 0.587. The molecule has 20 heavy (non-hydrogen) atoms. The van der Waals surface area contributed by atoms with Crippen LogP contribution >= 0.6 is 0 Å². The van der Waals surface area contributed by atoms with Crippen molar-refractivity contribution in [1.29, 1.82) is 0 Å². The molecule has 1 aromatic rings. The van der Waals surface area contributed by atoms with Gasteiger partial charge in [0.2, 0.25) is 0 Å². The molecule has 3 N–H and O–H groups in total. The van der Waals surface area contributed by atoms with Crippen LogP contribution in [-0.4, -0.2) is 42.5 Å². The Morgan fingerprint density at radius 3 is 2.60 bits per heavy atom. The van der Waals surface area contributed by atoms with Gasteiger partial charge in [0.15, 0.2) is 11.8 Å². The molecule has 108 valence electrons. The zero-order chi connectivity index (χ0) is 15.1. The van der Waals surface area contributed by atoms with Crippen LogP contribution in [0.4, 0.5) is 5.69 Å². The first kappa shape index (κ1) is 15.6. The average molecular weight is 280 g/mol. The number of carboxylic acids is 1. The second-order valence-electron chi connectivity index (χ2n) is 3.71. The van der Waals surface area contributed by atoms with Crippen molar-refractivity contribution in [1.82, 2.24) is 0 Å². The van der Waals surface area contributed by atoms with Crippen LogP contribution in [0.5, 0.6) is 5.75 Å². The number of ether oxygens (including phenoxy) is 2. The van der Waals surface area contributed by atoms with E-state index in [1.54, 1.807) is 31.2 Å². The maximum atomic E-state index is 11.6. The highest BCUT2D eigenvalue weighted by Crippen LogP contribution is 2.27. The lowest BCUT2D eigenvalue weighted by Gasteiger charge is -2.11. The van der Waals surface area contributed by atoms with Gasteiger partial charge in [-0.1, -0.05) is 12.1 Å². The van der Waals surface area contributed by atoms with Crippen LogP contribution in [0.15, 0.2) is 29.3 Å². The van der Waals surface area contributed by atoms with E-state index in [-0.39, 0.29) is 0 Å². The van der Waals surface area contributed by atoms with E-state index in [1.807, 2.05) is 0 Å². The summed E-state index contributed by atoms with van der Waals surface area (Å²) >= 11 is 0. The van der Waals surface area contributed by atoms with Crippen molar-refractivity contribution >= 4 is 23.3 Å². The van der Waals surface area contributed by atoms with E-state index in [9.17, 15) is 9.59 Å². The summed E-state index contributed by atoms with van der Waals surface area (Å²) in [5.74, 6) is -1.84. The molecule has 0 radical (unpaired) electrons. The standard InChI is InChI=1S/C13H16N2O5/c1-3-20-9-7-5-4-6-8(9)15-11(13(18)19-2)10(14)12(16)17/h4-7,10H,3,14H2,1-2H3,(H,16,17). The molecule has 0 aromatic heterocycles. The summed E-state index contributed by atoms with van der Waals surface area (Å²) in [5, 5.41) is 8.90. The number of rotatable bonds is 6. The average Bonchev–Trinajstić information content (AvgIpc) is 2.45. The van der Waals surface area contributed by atoms with Crippen molar-refractivity contribution in [3.8, 4) is 5.75 Å². The molecule has 0 heterocycles. The van der Waals surface area contributed by atoms with E-state index >= 15 is 0 Å². The summed E-state index contributed by atoms with van der Waals surface area (Å²) in [6, 6.07) is 5.09. The molecule has 7 nitrogen and oxygen atoms in total. The monoisotopic (exact) mass is 280 g/mol. The molecular weight excluding hydrogens is 264 g/mol. The van der Waals surface area contributed by atoms with E-state index in [1.165, 1.54) is 0 Å². The minimum absolute atomic E-state index is 0.312. The molecule has 0 saturated heterocycles. The van der Waals surface area contributed by atoms with Crippen molar-refractivity contribution in [2.45, 2.75) is 13.0 Å². The van der Waals surface area contributed by atoms with Gasteiger partial charge in [-0.05, 0) is 19.1 Å². The lowest BCUT2D eigenvalue weighted by molar-refractivity contribution is -0.139. The molecular formula is C13H16N2O5. The van der Waals surface area contributed by atoms with Gasteiger partial charge >= 0.3 is 11.9 Å². The fourth-order valence-electron chi connectivity index (χ4n) is 1.42. The Morgan fingerprint density at radius 2 is 2.05 bits per heavy atom. The SMILES string of the molecule is CCOc1ccccc1N=C(C(=O)OC)C(N)C(=O)O. The predicted molar refractivity (Wildman–Crippen MR) is 72.3 cm³/mol. The van der Waals surface area contributed by atoms with Crippen LogP contribution < -0.4 is 10.5 Å². The molecule has 0 aliphatic rings. The molecule has 7 heteroatoms. The minimum Gasteiger partial charge on any atom is -0.492 e. The number of hydrogen-bond acceptors (Lipinski definition) is 6. The molecule has 0 aliphatic carbocycles. The lowest BCUT2D eigenvalue weighted by atomic mass is 10.2. The van der Waals surface area contributed by atoms with Crippen LogP contribution in [0, 0.1) is 0 Å². The number of methoxy groups -OCH3 is 1. The molecule has 1 unspecified atom stereocenters. The fourth-order valence-corrected chi connectivity index (χ4v) is 1.42. The third-order valence-corrected chi connectivity index (χ3v) is 2.36. The topological polar surface area (TPSA) is 111 Å². The molecule has 0 aliphatic heterocycles. The minimum atomic E-state index is -1.57. The predicted octanol–water partition coefficient (Wildman–Crippen LogP) is 0.743. The van der Waals surface area contributed by atoms with Crippen molar-refractivity contribution in [3.05, 3.63) is 24.3 Å². The maximum Gasteiger partial charge on any atom is 0.354 e. The zero-order valence-electron chi connectivity index (χ0n) is 11.2. The van der Waals surface area contributed by atoms with Crippen LogP contribution in [0.3, 0.4) is 0 Å². The van der Waals surface area contributed by atoms with E-state index in [2.05, 4.69) is 9.73 Å². The van der Waals surface area contributed by atoms with Crippen LogP contribution in [0.25, 0.3) is 0 Å². The zero-order valence-corrected chi connectivity index (χ0v) is 11.2. The number of carbonyl (C=O) groups is 2. The largest absolute Gasteiger partial charge is 0.492 e. The number of nitrogens with two attached hydrogens (primary N) is 1. The molecule has 0 saturated carbocycles. The van der Waals surface area contributed by atoms with Gasteiger partial charge in [0, 0.05) is 0 Å². The molecule has 0 spiro atoms. The summed E-state index contributed by atoms with van der Waals surface area (Å²) in [5.41, 5.74) is 5.35. The van der Waals surface area contributed by atoms with E-state index in [0.717, 1.165) is 7.11 Å². The van der Waals surface area contributed by atoms with Crippen LogP contribution in [0.1, 0.15) is 6.92 Å². The van der Waals surface area contributed by atoms with Gasteiger partial charge in [-0.2, -0.15) is 0 Å². The smallest absolute Gasteiger partial charge is 0.354 e. The third kappa shape index (κ3) is 3.79. The second kappa shape index (κ2) is 7.25. The fraction of sp³-hybridized carbons (Fsp3) is 0.308. The molecule has 1 aromatic carbocycles. The molecule has 0 bridgehead atoms. The Bertz CT molecular complexity index is 527. The van der Waals surface area contributed by atoms with Gasteiger partial charge in [-0.25, -0.2) is 9.79 Å². The van der Waals surface area contributed by atoms with Crippen LogP contribution in [0.2, 0.25) is 0 Å². The van der Waals surface area contributed by atoms with Crippen LogP contribution in [-0.2, 0) is 14.3 Å². The molecule has 1 atom stereocenters. The van der Waals surface area contributed by atoms with E-state index in [4.69, 9.17) is 15.6 Å². The number of carbonyl (C=O) groups excluding carboxylic acids is 1. The molecule has 0 fully saturated rings. The number of benzene rings is 1. The summed E-state index contributed by atoms with van der Waals surface area (Å²) in [7, 11) is 1.13. The maximum absolute atomic E-state index is 11.6. The van der Waals surface area contributed by atoms with Gasteiger partial charge in [0.1, 0.15) is 11.4 Å². The first-order chi connectivity index (χ1) is 9.51. The Labute approximate surface area is 116 Å². The Hall–Kier alpha value is -2.41. The number of para-hydroxylation sites is 2. The highest BCUT2D eigenvalue weighted by Gasteiger charge is 2.26. The normalized spacial score (nSPS) is 12.7. The number of nitrogens with zero attached hydrogens (tertiary/aromatic N) is 1. The van der Waals surface area contributed by atoms with Crippen molar-refractivity contribution in [3.63, 3.8) is 0 Å². The number of aliphatic carboxylic acids is 1. The third-order valence-electron chi connectivity index (χ3n) is 2.36. The number of hydrogen-bond donors (Lipinski definition) is 2. The number of aliphatic imine (C=N–C) groups is 1. The van der Waals surface area contributed by atoms with Gasteiger partial charge in [-0.15, -0.1) is 0 Å². The van der Waals surface area contributed by atoms with Crippen molar-refractivity contribution < 1.29 is 24.2 Å². The summed E-state index contributed by atoms with van der Waals surface area (Å²) in [6.07, 6.45) is 0. The van der Waals surface area contributed by atoms with E-state index < -0.39 is 23.7 Å². The number of carboxylic acid groups (broad SMARTS) is 1. The highest BCUT2D eigenvalue weighted by atomic mass is 16.5. The van der Waals surface area contributed by atoms with Gasteiger partial charge in [0.25, 0.3) is 0 Å². The van der Waals surface area contributed by atoms with Gasteiger partial charge < -0.3 is 20.3 Å². The van der Waals surface area contributed by atoms with Crippen molar-refractivity contribution in [2.24, 2.45) is 10.7 Å². The highest BCUT2D eigenvalue weighted by molar-refractivity contribution is 6.42. The summed E-state index contributed by atoms with van der Waals surface area (Å²) in [6.45, 7) is 2.20. The molecule has 0 amide bonds. The lowest BCUT2D eigenvalue weighted by Crippen LogP contribution is -2.43. The van der Waals surface area contributed by atoms with Gasteiger partial charge in [0.05, 0.1) is 13.7 Å². The Morgan fingerprint density at radius 1 is 1.40 bits per heavy atom. The Balaban J connectivity index is 3.26. The van der Waals surface area contributed by atoms with E-state index in [0.29, 0.717) is 18.0 Å². The first-order valence-corrected chi connectivity index (χ1v) is 5.88. The second-order valence-corrected chi connectivity index (χ2v) is 3.71. The number of esters is 1. The Kier molecular flexibility index (Phi) is 5.67. The molecule has 1 rings (SSSR count). The first-order valence-electron chi connectivity index (χ1n) is 5.88.